The minimum atomic E-state index is -0.204. The van der Waals surface area contributed by atoms with Gasteiger partial charge in [0, 0.05) is 26.7 Å². The van der Waals surface area contributed by atoms with E-state index in [1.807, 2.05) is 13.8 Å². The molecule has 0 aromatic heterocycles. The standard InChI is InChI=1S/C12H24N2O2/c1-9(7-16-3)6-11(15)14-12(2,8-13)10-4-5-10/h9-10H,4-8,13H2,1-3H3,(H,14,15). The Morgan fingerprint density at radius 1 is 1.62 bits per heavy atom. The number of carbonyl (C=O) groups is 1. The molecule has 94 valence electrons. The van der Waals surface area contributed by atoms with Gasteiger partial charge in [-0.05, 0) is 31.6 Å². The van der Waals surface area contributed by atoms with Crippen LogP contribution in [0.15, 0.2) is 0 Å². The Balaban J connectivity index is 2.37. The number of amides is 1. The van der Waals surface area contributed by atoms with Crippen molar-refractivity contribution in [1.29, 1.82) is 0 Å². The molecule has 1 rings (SSSR count). The van der Waals surface area contributed by atoms with E-state index in [2.05, 4.69) is 5.32 Å². The lowest BCUT2D eigenvalue weighted by atomic mass is 9.95. The minimum absolute atomic E-state index is 0.0874. The van der Waals surface area contributed by atoms with E-state index in [1.54, 1.807) is 7.11 Å². The summed E-state index contributed by atoms with van der Waals surface area (Å²) < 4.78 is 5.02. The van der Waals surface area contributed by atoms with E-state index < -0.39 is 0 Å². The first-order valence-corrected chi connectivity index (χ1v) is 6.02. The number of hydrogen-bond donors (Lipinski definition) is 2. The first-order chi connectivity index (χ1) is 7.51. The lowest BCUT2D eigenvalue weighted by Gasteiger charge is -2.30. The summed E-state index contributed by atoms with van der Waals surface area (Å²) in [5.74, 6) is 0.912. The van der Waals surface area contributed by atoms with Crippen molar-refractivity contribution in [2.75, 3.05) is 20.3 Å². The van der Waals surface area contributed by atoms with Gasteiger partial charge in [-0.3, -0.25) is 4.79 Å². The highest BCUT2D eigenvalue weighted by atomic mass is 16.5. The second-order valence-corrected chi connectivity index (χ2v) is 5.21. The monoisotopic (exact) mass is 228 g/mol. The fourth-order valence-corrected chi connectivity index (χ4v) is 2.07. The molecule has 1 aliphatic rings. The summed E-state index contributed by atoms with van der Waals surface area (Å²) in [4.78, 5) is 11.8. The van der Waals surface area contributed by atoms with Crippen LogP contribution in [0.3, 0.4) is 0 Å². The molecule has 0 radical (unpaired) electrons. The van der Waals surface area contributed by atoms with Crippen molar-refractivity contribution in [2.45, 2.75) is 38.6 Å². The van der Waals surface area contributed by atoms with Crippen molar-refractivity contribution in [2.24, 2.45) is 17.6 Å². The number of rotatable bonds is 7. The molecule has 1 aliphatic carbocycles. The van der Waals surface area contributed by atoms with Gasteiger partial charge in [0.15, 0.2) is 0 Å². The third-order valence-corrected chi connectivity index (χ3v) is 3.31. The van der Waals surface area contributed by atoms with Gasteiger partial charge in [0.2, 0.25) is 5.91 Å². The van der Waals surface area contributed by atoms with Crippen LogP contribution in [0.5, 0.6) is 0 Å². The first kappa shape index (κ1) is 13.5. The highest BCUT2D eigenvalue weighted by Crippen LogP contribution is 2.39. The van der Waals surface area contributed by atoms with Gasteiger partial charge >= 0.3 is 0 Å². The SMILES string of the molecule is COCC(C)CC(=O)NC(C)(CN)C1CC1. The Hall–Kier alpha value is -0.610. The fourth-order valence-electron chi connectivity index (χ4n) is 2.07. The van der Waals surface area contributed by atoms with Gasteiger partial charge in [0.1, 0.15) is 0 Å². The van der Waals surface area contributed by atoms with Gasteiger partial charge in [0.25, 0.3) is 0 Å². The molecule has 2 unspecified atom stereocenters. The van der Waals surface area contributed by atoms with E-state index in [0.717, 1.165) is 0 Å². The molecule has 0 saturated heterocycles. The zero-order valence-electron chi connectivity index (χ0n) is 10.6. The lowest BCUT2D eigenvalue weighted by Crippen LogP contribution is -2.53. The maximum absolute atomic E-state index is 11.8. The van der Waals surface area contributed by atoms with E-state index in [0.29, 0.717) is 25.5 Å². The zero-order chi connectivity index (χ0) is 12.2. The van der Waals surface area contributed by atoms with Crippen molar-refractivity contribution >= 4 is 5.91 Å². The average Bonchev–Trinajstić information content (AvgIpc) is 3.00. The summed E-state index contributed by atoms with van der Waals surface area (Å²) in [5, 5.41) is 3.07. The Morgan fingerprint density at radius 3 is 2.69 bits per heavy atom. The topological polar surface area (TPSA) is 64.3 Å². The largest absolute Gasteiger partial charge is 0.384 e. The quantitative estimate of drug-likeness (QED) is 0.680. The van der Waals surface area contributed by atoms with E-state index >= 15 is 0 Å². The Morgan fingerprint density at radius 2 is 2.25 bits per heavy atom. The normalized spacial score (nSPS) is 21.2. The predicted molar refractivity (Wildman–Crippen MR) is 64.0 cm³/mol. The van der Waals surface area contributed by atoms with E-state index in [4.69, 9.17) is 10.5 Å². The number of nitrogens with one attached hydrogen (secondary N) is 1. The van der Waals surface area contributed by atoms with Crippen molar-refractivity contribution in [1.82, 2.24) is 5.32 Å². The molecule has 1 amide bonds. The molecule has 0 bridgehead atoms. The summed E-state index contributed by atoms with van der Waals surface area (Å²) >= 11 is 0. The molecule has 1 fully saturated rings. The molecule has 1 saturated carbocycles. The summed E-state index contributed by atoms with van der Waals surface area (Å²) in [5.41, 5.74) is 5.54. The number of hydrogen-bond acceptors (Lipinski definition) is 3. The maximum atomic E-state index is 11.8. The minimum Gasteiger partial charge on any atom is -0.384 e. The van der Waals surface area contributed by atoms with Gasteiger partial charge in [-0.1, -0.05) is 6.92 Å². The Bertz CT molecular complexity index is 241. The molecule has 0 spiro atoms. The predicted octanol–water partition coefficient (Wildman–Crippen LogP) is 0.903. The van der Waals surface area contributed by atoms with Crippen LogP contribution in [0.1, 0.15) is 33.1 Å². The van der Waals surface area contributed by atoms with Crippen LogP contribution in [-0.4, -0.2) is 31.7 Å². The second-order valence-electron chi connectivity index (χ2n) is 5.21. The lowest BCUT2D eigenvalue weighted by molar-refractivity contribution is -0.124. The molecule has 0 aliphatic heterocycles. The van der Waals surface area contributed by atoms with Gasteiger partial charge in [-0.25, -0.2) is 0 Å². The first-order valence-electron chi connectivity index (χ1n) is 6.02. The smallest absolute Gasteiger partial charge is 0.220 e. The third kappa shape index (κ3) is 3.76. The fraction of sp³-hybridized carbons (Fsp3) is 0.917. The number of methoxy groups -OCH3 is 1. The zero-order valence-corrected chi connectivity index (χ0v) is 10.6. The third-order valence-electron chi connectivity index (χ3n) is 3.31. The molecular weight excluding hydrogens is 204 g/mol. The van der Waals surface area contributed by atoms with Crippen LogP contribution in [0.2, 0.25) is 0 Å². The summed E-state index contributed by atoms with van der Waals surface area (Å²) in [6.07, 6.45) is 2.87. The number of nitrogens with two attached hydrogens (primary N) is 1. The highest BCUT2D eigenvalue weighted by molar-refractivity contribution is 5.77. The van der Waals surface area contributed by atoms with Crippen LogP contribution >= 0.6 is 0 Å². The molecule has 4 nitrogen and oxygen atoms in total. The van der Waals surface area contributed by atoms with Crippen LogP contribution in [-0.2, 0) is 9.53 Å². The van der Waals surface area contributed by atoms with Crippen LogP contribution in [0.25, 0.3) is 0 Å². The molecule has 4 heteroatoms. The van der Waals surface area contributed by atoms with Gasteiger partial charge < -0.3 is 15.8 Å². The van der Waals surface area contributed by atoms with Crippen LogP contribution in [0.4, 0.5) is 0 Å². The van der Waals surface area contributed by atoms with E-state index in [-0.39, 0.29) is 17.4 Å². The van der Waals surface area contributed by atoms with E-state index in [9.17, 15) is 4.79 Å². The summed E-state index contributed by atoms with van der Waals surface area (Å²) in [7, 11) is 1.66. The summed E-state index contributed by atoms with van der Waals surface area (Å²) in [6.45, 7) is 5.20. The van der Waals surface area contributed by atoms with Crippen molar-refractivity contribution in [3.63, 3.8) is 0 Å². The number of ether oxygens (including phenoxy) is 1. The van der Waals surface area contributed by atoms with Gasteiger partial charge in [0.05, 0.1) is 5.54 Å². The van der Waals surface area contributed by atoms with Gasteiger partial charge in [-0.15, -0.1) is 0 Å². The molecule has 0 aromatic carbocycles. The highest BCUT2D eigenvalue weighted by Gasteiger charge is 2.41. The summed E-state index contributed by atoms with van der Waals surface area (Å²) in [6, 6.07) is 0. The van der Waals surface area contributed by atoms with Crippen molar-refractivity contribution in [3.8, 4) is 0 Å². The Labute approximate surface area is 97.9 Å². The van der Waals surface area contributed by atoms with Crippen molar-refractivity contribution in [3.05, 3.63) is 0 Å². The molecular formula is C12H24N2O2. The molecule has 0 heterocycles. The Kier molecular flexibility index (Phi) is 4.74. The average molecular weight is 228 g/mol. The van der Waals surface area contributed by atoms with E-state index in [1.165, 1.54) is 12.8 Å². The molecule has 2 atom stereocenters. The second kappa shape index (κ2) is 5.64. The maximum Gasteiger partial charge on any atom is 0.220 e. The van der Waals surface area contributed by atoms with Gasteiger partial charge in [-0.2, -0.15) is 0 Å². The molecule has 0 aromatic rings. The number of carbonyl (C=O) groups excluding carboxylic acids is 1. The molecule has 3 N–H and O–H groups in total. The molecule has 16 heavy (non-hydrogen) atoms. The van der Waals surface area contributed by atoms with Crippen LogP contribution in [0, 0.1) is 11.8 Å². The van der Waals surface area contributed by atoms with Crippen molar-refractivity contribution < 1.29 is 9.53 Å². The van der Waals surface area contributed by atoms with Crippen LogP contribution < -0.4 is 11.1 Å².